The summed E-state index contributed by atoms with van der Waals surface area (Å²) in [5.41, 5.74) is 0.882. The molecule has 8 heteroatoms. The first kappa shape index (κ1) is 20.9. The number of hydrogen-bond acceptors (Lipinski definition) is 4. The van der Waals surface area contributed by atoms with Crippen LogP contribution in [-0.2, 0) is 4.79 Å². The normalized spacial score (nSPS) is 18.4. The molecule has 0 saturated heterocycles. The number of carboxylic acids is 1. The van der Waals surface area contributed by atoms with Crippen LogP contribution in [0.15, 0.2) is 30.3 Å². The molecule has 0 saturated carbocycles. The number of likely N-dealkylation sites (N-methyl/N-ethyl adjacent to an activating group) is 1. The molecule has 29 heavy (non-hydrogen) atoms. The predicted octanol–water partition coefficient (Wildman–Crippen LogP) is 4.27. The lowest BCUT2D eigenvalue weighted by molar-refractivity contribution is -0.140. The van der Waals surface area contributed by atoms with Gasteiger partial charge in [0.1, 0.15) is 11.7 Å². The Labute approximate surface area is 172 Å². The highest BCUT2D eigenvalue weighted by Crippen LogP contribution is 2.47. The molecule has 0 bridgehead atoms. The summed E-state index contributed by atoms with van der Waals surface area (Å²) in [7, 11) is 1.50. The van der Waals surface area contributed by atoms with E-state index in [-0.39, 0.29) is 16.5 Å². The number of ether oxygens (including phenoxy) is 2. The van der Waals surface area contributed by atoms with Gasteiger partial charge in [0.2, 0.25) is 0 Å². The number of amides is 1. The lowest BCUT2D eigenvalue weighted by Gasteiger charge is -2.39. The van der Waals surface area contributed by atoms with Crippen LogP contribution < -0.4 is 9.47 Å². The standard InChI is InChI=1S/C21H21ClFNO5/c1-4-28-16-9-13-14(10-17(16)29-5-2)20(25)24(3)19(18(13)21(26)27)12-7-6-11(23)8-15(12)22/h6-10,18-19H,4-5H2,1-3H3,(H,26,27)/t18-,19-/m1/s1. The largest absolute Gasteiger partial charge is 0.490 e. The fourth-order valence-electron chi connectivity index (χ4n) is 3.66. The third-order valence-electron chi connectivity index (χ3n) is 4.88. The van der Waals surface area contributed by atoms with Crippen LogP contribution in [0.3, 0.4) is 0 Å². The third-order valence-corrected chi connectivity index (χ3v) is 5.21. The molecule has 0 fully saturated rings. The number of halogens is 2. The van der Waals surface area contributed by atoms with Crippen molar-refractivity contribution in [2.75, 3.05) is 20.3 Å². The molecule has 0 radical (unpaired) electrons. The van der Waals surface area contributed by atoms with E-state index < -0.39 is 23.7 Å². The number of carbonyl (C=O) groups is 2. The maximum absolute atomic E-state index is 13.5. The first-order chi connectivity index (χ1) is 13.8. The van der Waals surface area contributed by atoms with Crippen molar-refractivity contribution in [3.63, 3.8) is 0 Å². The molecule has 1 aliphatic heterocycles. The van der Waals surface area contributed by atoms with Crippen molar-refractivity contribution in [2.45, 2.75) is 25.8 Å². The van der Waals surface area contributed by atoms with Crippen LogP contribution in [0.5, 0.6) is 11.5 Å². The average molecular weight is 422 g/mol. The molecule has 2 aromatic rings. The molecule has 2 atom stereocenters. The Morgan fingerprint density at radius 2 is 1.76 bits per heavy atom. The summed E-state index contributed by atoms with van der Waals surface area (Å²) < 4.78 is 24.7. The van der Waals surface area contributed by atoms with E-state index in [1.54, 1.807) is 13.8 Å². The van der Waals surface area contributed by atoms with Crippen LogP contribution in [0.25, 0.3) is 0 Å². The van der Waals surface area contributed by atoms with E-state index in [0.29, 0.717) is 35.8 Å². The maximum atomic E-state index is 13.5. The quantitative estimate of drug-likeness (QED) is 0.753. The van der Waals surface area contributed by atoms with Crippen LogP contribution in [0.1, 0.15) is 47.3 Å². The average Bonchev–Trinajstić information content (AvgIpc) is 2.66. The summed E-state index contributed by atoms with van der Waals surface area (Å²) in [6.45, 7) is 4.30. The van der Waals surface area contributed by atoms with Crippen molar-refractivity contribution in [3.8, 4) is 11.5 Å². The summed E-state index contributed by atoms with van der Waals surface area (Å²) >= 11 is 6.20. The number of fused-ring (bicyclic) bond motifs is 1. The van der Waals surface area contributed by atoms with E-state index in [1.165, 1.54) is 36.2 Å². The molecule has 3 rings (SSSR count). The van der Waals surface area contributed by atoms with Crippen LogP contribution in [0.2, 0.25) is 5.02 Å². The van der Waals surface area contributed by atoms with E-state index in [1.807, 2.05) is 0 Å². The second-order valence-electron chi connectivity index (χ2n) is 6.59. The lowest BCUT2D eigenvalue weighted by Crippen LogP contribution is -2.42. The highest BCUT2D eigenvalue weighted by atomic mass is 35.5. The van der Waals surface area contributed by atoms with Crippen molar-refractivity contribution in [2.24, 2.45) is 0 Å². The molecule has 1 N–H and O–H groups in total. The maximum Gasteiger partial charge on any atom is 0.313 e. The topological polar surface area (TPSA) is 76.1 Å². The summed E-state index contributed by atoms with van der Waals surface area (Å²) in [5, 5.41) is 10.1. The lowest BCUT2D eigenvalue weighted by atomic mass is 9.79. The van der Waals surface area contributed by atoms with Gasteiger partial charge in [-0.05, 0) is 49.2 Å². The molecule has 0 aliphatic carbocycles. The van der Waals surface area contributed by atoms with Crippen molar-refractivity contribution in [1.82, 2.24) is 4.90 Å². The number of carboxylic acid groups (broad SMARTS) is 1. The zero-order valence-electron chi connectivity index (χ0n) is 16.2. The second kappa shape index (κ2) is 8.29. The first-order valence-corrected chi connectivity index (χ1v) is 9.56. The summed E-state index contributed by atoms with van der Waals surface area (Å²) in [5.74, 6) is -2.45. The SMILES string of the molecule is CCOc1cc2c(cc1OCC)[C@@H](C(=O)O)[C@@H](c1ccc(F)cc1Cl)N(C)C2=O. The molecule has 154 valence electrons. The van der Waals surface area contributed by atoms with Crippen LogP contribution in [0, 0.1) is 5.82 Å². The minimum Gasteiger partial charge on any atom is -0.490 e. The second-order valence-corrected chi connectivity index (χ2v) is 7.00. The van der Waals surface area contributed by atoms with Crippen molar-refractivity contribution >= 4 is 23.5 Å². The first-order valence-electron chi connectivity index (χ1n) is 9.18. The molecule has 6 nitrogen and oxygen atoms in total. The summed E-state index contributed by atoms with van der Waals surface area (Å²) in [4.78, 5) is 26.7. The van der Waals surface area contributed by atoms with Gasteiger partial charge in [-0.1, -0.05) is 17.7 Å². The fourth-order valence-corrected chi connectivity index (χ4v) is 3.94. The molecule has 1 amide bonds. The van der Waals surface area contributed by atoms with E-state index in [4.69, 9.17) is 21.1 Å². The number of carbonyl (C=O) groups excluding carboxylic acids is 1. The zero-order valence-corrected chi connectivity index (χ0v) is 17.0. The number of benzene rings is 2. The Bertz CT molecular complexity index is 964. The Hall–Kier alpha value is -2.80. The summed E-state index contributed by atoms with van der Waals surface area (Å²) in [6, 6.07) is 5.85. The van der Waals surface area contributed by atoms with Gasteiger partial charge < -0.3 is 19.5 Å². The van der Waals surface area contributed by atoms with E-state index in [2.05, 4.69) is 0 Å². The predicted molar refractivity (Wildman–Crippen MR) is 105 cm³/mol. The molecule has 2 aromatic carbocycles. The van der Waals surface area contributed by atoms with Gasteiger partial charge in [-0.25, -0.2) is 4.39 Å². The summed E-state index contributed by atoms with van der Waals surface area (Å²) in [6.07, 6.45) is 0. The molecule has 0 spiro atoms. The van der Waals surface area contributed by atoms with Gasteiger partial charge in [0.15, 0.2) is 11.5 Å². The Morgan fingerprint density at radius 3 is 2.31 bits per heavy atom. The van der Waals surface area contributed by atoms with E-state index >= 15 is 0 Å². The Morgan fingerprint density at radius 1 is 1.14 bits per heavy atom. The van der Waals surface area contributed by atoms with Crippen LogP contribution >= 0.6 is 11.6 Å². The van der Waals surface area contributed by atoms with Gasteiger partial charge in [-0.2, -0.15) is 0 Å². The monoisotopic (exact) mass is 421 g/mol. The Kier molecular flexibility index (Phi) is 5.98. The molecule has 1 aliphatic rings. The van der Waals surface area contributed by atoms with Gasteiger partial charge in [-0.3, -0.25) is 9.59 Å². The number of rotatable bonds is 6. The zero-order chi connectivity index (χ0) is 21.3. The smallest absolute Gasteiger partial charge is 0.313 e. The van der Waals surface area contributed by atoms with Gasteiger partial charge in [-0.15, -0.1) is 0 Å². The van der Waals surface area contributed by atoms with Crippen molar-refractivity contribution in [3.05, 3.63) is 57.9 Å². The minimum atomic E-state index is -1.14. The molecule has 0 unspecified atom stereocenters. The highest BCUT2D eigenvalue weighted by Gasteiger charge is 2.44. The van der Waals surface area contributed by atoms with Gasteiger partial charge in [0, 0.05) is 17.6 Å². The van der Waals surface area contributed by atoms with Crippen LogP contribution in [0.4, 0.5) is 4.39 Å². The van der Waals surface area contributed by atoms with E-state index in [0.717, 1.165) is 6.07 Å². The highest BCUT2D eigenvalue weighted by molar-refractivity contribution is 6.31. The number of aliphatic carboxylic acids is 1. The molecule has 1 heterocycles. The van der Waals surface area contributed by atoms with Crippen LogP contribution in [-0.4, -0.2) is 42.1 Å². The van der Waals surface area contributed by atoms with Gasteiger partial charge in [0.25, 0.3) is 5.91 Å². The van der Waals surface area contributed by atoms with Crippen molar-refractivity contribution < 1.29 is 28.6 Å². The number of nitrogens with zero attached hydrogens (tertiary/aromatic N) is 1. The van der Waals surface area contributed by atoms with Crippen molar-refractivity contribution in [1.29, 1.82) is 0 Å². The molecule has 0 aromatic heterocycles. The fraction of sp³-hybridized carbons (Fsp3) is 0.333. The van der Waals surface area contributed by atoms with E-state index in [9.17, 15) is 19.1 Å². The van der Waals surface area contributed by atoms with Gasteiger partial charge in [0.05, 0.1) is 19.3 Å². The third kappa shape index (κ3) is 3.74. The Balaban J connectivity index is 2.23. The number of hydrogen-bond donors (Lipinski definition) is 1. The van der Waals surface area contributed by atoms with Gasteiger partial charge >= 0.3 is 5.97 Å². The molecular formula is C21H21ClFNO5. The molecular weight excluding hydrogens is 401 g/mol. The minimum absolute atomic E-state index is 0.0559.